The van der Waals surface area contributed by atoms with E-state index >= 15 is 0 Å². The average Bonchev–Trinajstić information content (AvgIpc) is 2.51. The van der Waals surface area contributed by atoms with Crippen LogP contribution in [-0.4, -0.2) is 30.9 Å². The molecule has 1 aromatic carbocycles. The molecular weight excluding hydrogens is 278 g/mol. The van der Waals surface area contributed by atoms with Gasteiger partial charge in [-0.3, -0.25) is 9.59 Å². The lowest BCUT2D eigenvalue weighted by atomic mass is 10.1. The van der Waals surface area contributed by atoms with Gasteiger partial charge in [-0.05, 0) is 44.5 Å². The fourth-order valence-electron chi connectivity index (χ4n) is 1.86. The zero-order valence-electron chi connectivity index (χ0n) is 13.7. The van der Waals surface area contributed by atoms with Gasteiger partial charge in [0, 0.05) is 17.3 Å². The zero-order valence-corrected chi connectivity index (χ0v) is 13.7. The van der Waals surface area contributed by atoms with Crippen molar-refractivity contribution < 1.29 is 9.59 Å². The van der Waals surface area contributed by atoms with Gasteiger partial charge >= 0.3 is 0 Å². The van der Waals surface area contributed by atoms with E-state index in [2.05, 4.69) is 22.9 Å². The smallest absolute Gasteiger partial charge is 0.251 e. The highest BCUT2D eigenvalue weighted by Crippen LogP contribution is 2.11. The van der Waals surface area contributed by atoms with Crippen molar-refractivity contribution in [2.24, 2.45) is 0 Å². The van der Waals surface area contributed by atoms with Gasteiger partial charge in [-0.1, -0.05) is 26.3 Å². The molecule has 5 nitrogen and oxygen atoms in total. The van der Waals surface area contributed by atoms with E-state index in [-0.39, 0.29) is 24.4 Å². The van der Waals surface area contributed by atoms with Crippen molar-refractivity contribution in [2.75, 3.05) is 18.4 Å². The van der Waals surface area contributed by atoms with Crippen LogP contribution in [0.1, 0.15) is 50.4 Å². The summed E-state index contributed by atoms with van der Waals surface area (Å²) in [6.07, 6.45) is 3.03. The molecule has 2 amide bonds. The number of hydrogen-bond donors (Lipinski definition) is 3. The van der Waals surface area contributed by atoms with Gasteiger partial charge in [-0.15, -0.1) is 0 Å². The molecule has 0 aliphatic heterocycles. The van der Waals surface area contributed by atoms with E-state index in [4.69, 9.17) is 0 Å². The molecule has 1 unspecified atom stereocenters. The van der Waals surface area contributed by atoms with Crippen molar-refractivity contribution in [1.29, 1.82) is 0 Å². The van der Waals surface area contributed by atoms with Crippen LogP contribution in [0.3, 0.4) is 0 Å². The molecule has 1 rings (SSSR count). The molecule has 1 aromatic rings. The quantitative estimate of drug-likeness (QED) is 0.614. The highest BCUT2D eigenvalue weighted by Gasteiger charge is 2.09. The first-order valence-corrected chi connectivity index (χ1v) is 7.98. The fraction of sp³-hybridized carbons (Fsp3) is 0.529. The Morgan fingerprint density at radius 2 is 2.00 bits per heavy atom. The molecule has 0 saturated heterocycles. The Labute approximate surface area is 132 Å². The van der Waals surface area contributed by atoms with E-state index in [9.17, 15) is 9.59 Å². The number of anilines is 1. The molecule has 122 valence electrons. The predicted molar refractivity (Wildman–Crippen MR) is 90.1 cm³/mol. The number of rotatable bonds is 9. The first-order chi connectivity index (χ1) is 10.6. The normalized spacial score (nSPS) is 11.8. The lowest BCUT2D eigenvalue weighted by Gasteiger charge is -2.12. The van der Waals surface area contributed by atoms with Crippen LogP contribution in [0.4, 0.5) is 5.69 Å². The van der Waals surface area contributed by atoms with Gasteiger partial charge in [0.25, 0.3) is 5.91 Å². The second-order valence-corrected chi connectivity index (χ2v) is 5.44. The molecular formula is C17H27N3O2. The highest BCUT2D eigenvalue weighted by atomic mass is 16.2. The van der Waals surface area contributed by atoms with Gasteiger partial charge in [-0.2, -0.15) is 0 Å². The van der Waals surface area contributed by atoms with Crippen molar-refractivity contribution in [3.63, 3.8) is 0 Å². The number of carbonyl (C=O) groups is 2. The fourth-order valence-corrected chi connectivity index (χ4v) is 1.86. The van der Waals surface area contributed by atoms with Gasteiger partial charge in [0.1, 0.15) is 0 Å². The largest absolute Gasteiger partial charge is 0.350 e. The Bertz CT molecular complexity index is 489. The van der Waals surface area contributed by atoms with E-state index in [1.54, 1.807) is 24.3 Å². The highest BCUT2D eigenvalue weighted by molar-refractivity contribution is 5.97. The van der Waals surface area contributed by atoms with Gasteiger partial charge in [-0.25, -0.2) is 0 Å². The van der Waals surface area contributed by atoms with Crippen molar-refractivity contribution in [3.05, 3.63) is 29.8 Å². The van der Waals surface area contributed by atoms with Crippen LogP contribution >= 0.6 is 0 Å². The molecule has 0 heterocycles. The summed E-state index contributed by atoms with van der Waals surface area (Å²) in [5.74, 6) is -0.220. The van der Waals surface area contributed by atoms with Gasteiger partial charge < -0.3 is 16.0 Å². The third-order valence-electron chi connectivity index (χ3n) is 3.39. The second-order valence-electron chi connectivity index (χ2n) is 5.44. The molecule has 0 bridgehead atoms. The summed E-state index contributed by atoms with van der Waals surface area (Å²) in [6.45, 7) is 7.21. The summed E-state index contributed by atoms with van der Waals surface area (Å²) in [6, 6.07) is 7.12. The predicted octanol–water partition coefficient (Wildman–Crippen LogP) is 2.54. The van der Waals surface area contributed by atoms with Crippen molar-refractivity contribution in [3.8, 4) is 0 Å². The number of nitrogens with one attached hydrogen (secondary N) is 3. The Morgan fingerprint density at radius 1 is 1.23 bits per heavy atom. The third-order valence-corrected chi connectivity index (χ3v) is 3.39. The topological polar surface area (TPSA) is 70.2 Å². The summed E-state index contributed by atoms with van der Waals surface area (Å²) in [5.41, 5.74) is 1.19. The van der Waals surface area contributed by atoms with E-state index < -0.39 is 0 Å². The summed E-state index contributed by atoms with van der Waals surface area (Å²) in [5, 5.41) is 8.80. The van der Waals surface area contributed by atoms with Crippen LogP contribution in [0, 0.1) is 0 Å². The molecule has 5 heteroatoms. The van der Waals surface area contributed by atoms with E-state index in [0.717, 1.165) is 25.8 Å². The van der Waals surface area contributed by atoms with E-state index in [1.807, 2.05) is 13.8 Å². The van der Waals surface area contributed by atoms with Gasteiger partial charge in [0.05, 0.1) is 6.54 Å². The molecule has 0 spiro atoms. The molecule has 0 fully saturated rings. The van der Waals surface area contributed by atoms with Crippen LogP contribution < -0.4 is 16.0 Å². The molecule has 0 radical (unpaired) electrons. The number of hydrogen-bond acceptors (Lipinski definition) is 3. The maximum absolute atomic E-state index is 12.1. The van der Waals surface area contributed by atoms with Gasteiger partial charge in [0.15, 0.2) is 0 Å². The lowest BCUT2D eigenvalue weighted by Crippen LogP contribution is -2.32. The molecule has 0 aliphatic rings. The molecule has 3 N–H and O–H groups in total. The third kappa shape index (κ3) is 6.72. The Hall–Kier alpha value is -1.88. The summed E-state index contributed by atoms with van der Waals surface area (Å²) < 4.78 is 0. The van der Waals surface area contributed by atoms with Crippen LogP contribution in [0.2, 0.25) is 0 Å². The Morgan fingerprint density at radius 3 is 2.68 bits per heavy atom. The second kappa shape index (κ2) is 9.95. The minimum atomic E-state index is -0.119. The van der Waals surface area contributed by atoms with Crippen LogP contribution in [0.15, 0.2) is 24.3 Å². The van der Waals surface area contributed by atoms with Crippen LogP contribution in [0.5, 0.6) is 0 Å². The standard InChI is InChI=1S/C17H27N3O2/c1-4-6-10-18-12-16(21)20-15-9-7-8-14(11-15)17(22)19-13(3)5-2/h7-9,11,13,18H,4-6,10,12H2,1-3H3,(H,19,22)(H,20,21). The lowest BCUT2D eigenvalue weighted by molar-refractivity contribution is -0.115. The Kier molecular flexibility index (Phi) is 8.22. The molecule has 1 atom stereocenters. The first-order valence-electron chi connectivity index (χ1n) is 7.98. The minimum Gasteiger partial charge on any atom is -0.350 e. The maximum atomic E-state index is 12.1. The zero-order chi connectivity index (χ0) is 16.4. The summed E-state index contributed by atoms with van der Waals surface area (Å²) in [4.78, 5) is 23.9. The molecule has 0 aliphatic carbocycles. The average molecular weight is 305 g/mol. The Balaban J connectivity index is 2.53. The van der Waals surface area contributed by atoms with E-state index in [1.165, 1.54) is 0 Å². The SMILES string of the molecule is CCCCNCC(=O)Nc1cccc(C(=O)NC(C)CC)c1. The molecule has 0 aromatic heterocycles. The maximum Gasteiger partial charge on any atom is 0.251 e. The number of benzene rings is 1. The van der Waals surface area contributed by atoms with Crippen LogP contribution in [-0.2, 0) is 4.79 Å². The van der Waals surface area contributed by atoms with Crippen molar-refractivity contribution in [2.45, 2.75) is 46.1 Å². The van der Waals surface area contributed by atoms with Gasteiger partial charge in [0.2, 0.25) is 5.91 Å². The first kappa shape index (κ1) is 18.2. The summed E-state index contributed by atoms with van der Waals surface area (Å²) in [7, 11) is 0. The molecule has 22 heavy (non-hydrogen) atoms. The van der Waals surface area contributed by atoms with E-state index in [0.29, 0.717) is 11.3 Å². The number of amides is 2. The minimum absolute atomic E-state index is 0.101. The monoisotopic (exact) mass is 305 g/mol. The number of carbonyl (C=O) groups excluding carboxylic acids is 2. The van der Waals surface area contributed by atoms with Crippen molar-refractivity contribution in [1.82, 2.24) is 10.6 Å². The summed E-state index contributed by atoms with van der Waals surface area (Å²) >= 11 is 0. The number of unbranched alkanes of at least 4 members (excludes halogenated alkanes) is 1. The van der Waals surface area contributed by atoms with Crippen LogP contribution in [0.25, 0.3) is 0 Å². The molecule has 0 saturated carbocycles. The van der Waals surface area contributed by atoms with Crippen molar-refractivity contribution >= 4 is 17.5 Å².